The molecule has 69 heavy (non-hydrogen) atoms. The van der Waals surface area contributed by atoms with Gasteiger partial charge in [-0.2, -0.15) is 0 Å². The topological polar surface area (TPSA) is 133 Å². The number of amides is 4. The summed E-state index contributed by atoms with van der Waals surface area (Å²) in [7, 11) is 0. The number of fused-ring (bicyclic) bond motifs is 2. The lowest BCUT2D eigenvalue weighted by Crippen LogP contribution is -2.35. The summed E-state index contributed by atoms with van der Waals surface area (Å²) in [5.41, 5.74) is 11.8. The smallest absolute Gasteiger partial charge is 0.323 e. The second-order valence-electron chi connectivity index (χ2n) is 17.2. The molecule has 2 saturated heterocycles. The summed E-state index contributed by atoms with van der Waals surface area (Å²) >= 11 is 2.23. The Morgan fingerprint density at radius 3 is 1.43 bits per heavy atom. The number of hydrogen-bond donors (Lipinski definition) is 4. The summed E-state index contributed by atoms with van der Waals surface area (Å²) in [6.45, 7) is 12.7. The van der Waals surface area contributed by atoms with Gasteiger partial charge < -0.3 is 30.7 Å². The van der Waals surface area contributed by atoms with Crippen molar-refractivity contribution in [1.29, 1.82) is 0 Å². The lowest BCUT2D eigenvalue weighted by Gasteiger charge is -2.26. The highest BCUT2D eigenvalue weighted by Gasteiger charge is 2.16. The molecule has 0 atom stereocenters. The molecule has 0 spiro atoms. The van der Waals surface area contributed by atoms with Gasteiger partial charge in [-0.3, -0.25) is 19.8 Å². The highest BCUT2D eigenvalue weighted by Crippen LogP contribution is 2.35. The number of carbonyl (C=O) groups is 2. The highest BCUT2D eigenvalue weighted by atomic mass is 127. The zero-order chi connectivity index (χ0) is 47.5. The van der Waals surface area contributed by atoms with Crippen LogP contribution in [0.25, 0.3) is 43.8 Å². The molecular weight excluding hydrogens is 976 g/mol. The third-order valence-corrected chi connectivity index (χ3v) is 13.1. The Labute approximate surface area is 416 Å². The van der Waals surface area contributed by atoms with Gasteiger partial charge in [0.05, 0.1) is 49.2 Å². The van der Waals surface area contributed by atoms with Crippen LogP contribution in [0.4, 0.5) is 32.3 Å². The van der Waals surface area contributed by atoms with Gasteiger partial charge in [-0.15, -0.1) is 0 Å². The van der Waals surface area contributed by atoms with E-state index in [0.29, 0.717) is 0 Å². The molecule has 12 nitrogen and oxygen atoms in total. The van der Waals surface area contributed by atoms with Crippen LogP contribution in [0.2, 0.25) is 0 Å². The molecule has 2 aliphatic rings. The molecule has 2 fully saturated rings. The van der Waals surface area contributed by atoms with Crippen LogP contribution in [-0.4, -0.2) is 84.4 Å². The first-order chi connectivity index (χ1) is 33.7. The third-order valence-electron chi connectivity index (χ3n) is 12.4. The molecule has 0 radical (unpaired) electrons. The monoisotopic (exact) mass is 1030 g/mol. The van der Waals surface area contributed by atoms with E-state index in [9.17, 15) is 9.59 Å². The molecule has 10 rings (SSSR count). The zero-order valence-electron chi connectivity index (χ0n) is 38.8. The predicted molar refractivity (Wildman–Crippen MR) is 287 cm³/mol. The standard InChI is InChI=1S/C29H30N4O2.C27H25IN4O2/c1-20-7-9-23(17-21(20)2)31-29(34)32-28-12-11-25(26-5-3-4-6-27(26)28)22-8-10-24(30-18-22)19-33-13-15-35-16-14-33;28-20-4-3-5-21(16-20)30-27(33)31-26-11-10-23(24-6-1-2-7-25(24)26)19-8-9-22(29-17-19)18-32-12-14-34-15-13-32/h3-12,17-18H,13-16,19H2,1-2H3,(H2,31,32,34);1-11,16-17H,12-15,18H2,(H2,30,31,33). The van der Waals surface area contributed by atoms with E-state index < -0.39 is 0 Å². The molecule has 0 aliphatic carbocycles. The maximum atomic E-state index is 12.7. The van der Waals surface area contributed by atoms with Gasteiger partial charge in [-0.05, 0) is 124 Å². The number of ether oxygens (including phenoxy) is 2. The number of pyridine rings is 2. The van der Waals surface area contributed by atoms with Crippen LogP contribution in [-0.2, 0) is 22.6 Å². The lowest BCUT2D eigenvalue weighted by atomic mass is 9.98. The number of carbonyl (C=O) groups excluding carboxylic acids is 2. The molecule has 0 unspecified atom stereocenters. The van der Waals surface area contributed by atoms with Gasteiger partial charge >= 0.3 is 12.1 Å². The van der Waals surface area contributed by atoms with E-state index in [4.69, 9.17) is 19.4 Å². The number of halogens is 1. The zero-order valence-corrected chi connectivity index (χ0v) is 41.0. The number of benzene rings is 6. The Morgan fingerprint density at radius 1 is 0.507 bits per heavy atom. The van der Waals surface area contributed by atoms with Crippen LogP contribution < -0.4 is 21.3 Å². The normalized spacial score (nSPS) is 14.1. The fraction of sp³-hybridized carbons (Fsp3) is 0.214. The molecule has 6 aromatic carbocycles. The van der Waals surface area contributed by atoms with Gasteiger partial charge in [0.1, 0.15) is 0 Å². The van der Waals surface area contributed by atoms with Crippen molar-refractivity contribution < 1.29 is 19.1 Å². The number of hydrogen-bond acceptors (Lipinski definition) is 8. The van der Waals surface area contributed by atoms with Crippen molar-refractivity contribution in [2.24, 2.45) is 0 Å². The van der Waals surface area contributed by atoms with Crippen LogP contribution in [0.1, 0.15) is 22.5 Å². The first-order valence-electron chi connectivity index (χ1n) is 23.3. The number of rotatable bonds is 10. The van der Waals surface area contributed by atoms with Gasteiger partial charge in [-0.25, -0.2) is 9.59 Å². The largest absolute Gasteiger partial charge is 0.379 e. The number of aromatic nitrogens is 2. The van der Waals surface area contributed by atoms with Gasteiger partial charge in [0.2, 0.25) is 0 Å². The first-order valence-corrected chi connectivity index (χ1v) is 24.3. The molecule has 4 N–H and O–H groups in total. The van der Waals surface area contributed by atoms with Gasteiger partial charge in [-0.1, -0.05) is 84.9 Å². The minimum Gasteiger partial charge on any atom is -0.379 e. The summed E-state index contributed by atoms with van der Waals surface area (Å²) in [6.07, 6.45) is 3.88. The number of nitrogens with zero attached hydrogens (tertiary/aromatic N) is 4. The maximum Gasteiger partial charge on any atom is 0.323 e. The number of nitrogens with one attached hydrogen (secondary N) is 4. The molecule has 0 saturated carbocycles. The average Bonchev–Trinajstić information content (AvgIpc) is 3.37. The van der Waals surface area contributed by atoms with E-state index in [2.05, 4.69) is 97.0 Å². The Morgan fingerprint density at radius 2 is 0.986 bits per heavy atom. The Bertz CT molecular complexity index is 3060. The van der Waals surface area contributed by atoms with E-state index in [1.54, 1.807) is 0 Å². The van der Waals surface area contributed by atoms with Crippen LogP contribution in [0.3, 0.4) is 0 Å². The highest BCUT2D eigenvalue weighted by molar-refractivity contribution is 14.1. The van der Waals surface area contributed by atoms with Crippen molar-refractivity contribution >= 4 is 78.9 Å². The molecule has 2 aliphatic heterocycles. The number of anilines is 4. The quantitative estimate of drug-likeness (QED) is 0.0996. The molecular formula is C56H55IN8O4. The summed E-state index contributed by atoms with van der Waals surface area (Å²) in [4.78, 5) is 39.6. The molecule has 4 heterocycles. The minimum absolute atomic E-state index is 0.264. The van der Waals surface area contributed by atoms with Crippen molar-refractivity contribution in [2.45, 2.75) is 26.9 Å². The van der Waals surface area contributed by atoms with Crippen molar-refractivity contribution in [3.8, 4) is 22.3 Å². The lowest BCUT2D eigenvalue weighted by molar-refractivity contribution is 0.0336. The second-order valence-corrected chi connectivity index (χ2v) is 18.5. The second kappa shape index (κ2) is 22.6. The van der Waals surface area contributed by atoms with Crippen LogP contribution in [0.15, 0.2) is 152 Å². The molecule has 350 valence electrons. The third kappa shape index (κ3) is 12.3. The number of urea groups is 2. The van der Waals surface area contributed by atoms with Crippen molar-refractivity contribution in [2.75, 3.05) is 73.9 Å². The van der Waals surface area contributed by atoms with E-state index in [1.165, 1.54) is 5.56 Å². The van der Waals surface area contributed by atoms with Crippen molar-refractivity contribution in [3.63, 3.8) is 0 Å². The Balaban J connectivity index is 0.000000172. The number of morpholine rings is 2. The van der Waals surface area contributed by atoms with Crippen molar-refractivity contribution in [1.82, 2.24) is 19.8 Å². The van der Waals surface area contributed by atoms with Gasteiger partial charge in [0, 0.05) is 88.5 Å². The molecule has 0 bridgehead atoms. The molecule has 4 amide bonds. The SMILES string of the molecule is Cc1ccc(NC(=O)Nc2ccc(-c3ccc(CN4CCOCC4)nc3)c3ccccc23)cc1C.O=C(Nc1cccc(I)c1)Nc1ccc(-c2ccc(CN3CCOCC3)nc2)c2ccccc12. The van der Waals surface area contributed by atoms with Crippen LogP contribution in [0, 0.1) is 17.4 Å². The average molecular weight is 1030 g/mol. The Kier molecular flexibility index (Phi) is 15.5. The van der Waals surface area contributed by atoms with Crippen LogP contribution >= 0.6 is 22.6 Å². The minimum atomic E-state index is -0.269. The van der Waals surface area contributed by atoms with E-state index >= 15 is 0 Å². The summed E-state index contributed by atoms with van der Waals surface area (Å²) in [5, 5.41) is 16.0. The predicted octanol–water partition coefficient (Wildman–Crippen LogP) is 12.0. The fourth-order valence-corrected chi connectivity index (χ4v) is 9.15. The molecule has 2 aromatic heterocycles. The first kappa shape index (κ1) is 47.3. The van der Waals surface area contributed by atoms with E-state index in [1.807, 2.05) is 122 Å². The maximum absolute atomic E-state index is 12.7. The molecule has 13 heteroatoms. The molecule has 8 aromatic rings. The fourth-order valence-electron chi connectivity index (χ4n) is 8.61. The summed E-state index contributed by atoms with van der Waals surface area (Å²) in [6, 6.07) is 45.8. The van der Waals surface area contributed by atoms with Crippen LogP contribution in [0.5, 0.6) is 0 Å². The summed E-state index contributed by atoms with van der Waals surface area (Å²) in [5.74, 6) is 0. The summed E-state index contributed by atoms with van der Waals surface area (Å²) < 4.78 is 11.9. The number of aryl methyl sites for hydroxylation is 2. The van der Waals surface area contributed by atoms with Gasteiger partial charge in [0.25, 0.3) is 0 Å². The Hall–Kier alpha value is -6.75. The van der Waals surface area contributed by atoms with Gasteiger partial charge in [0.15, 0.2) is 0 Å². The van der Waals surface area contributed by atoms with E-state index in [0.717, 1.165) is 153 Å². The van der Waals surface area contributed by atoms with Crippen molar-refractivity contribution in [3.05, 3.63) is 178 Å². The van der Waals surface area contributed by atoms with E-state index in [-0.39, 0.29) is 12.1 Å².